The molecule has 3 aromatic rings. The lowest BCUT2D eigenvalue weighted by atomic mass is 10.0. The third-order valence-corrected chi connectivity index (χ3v) is 5.33. The number of aromatic nitrogens is 4. The third-order valence-electron chi connectivity index (χ3n) is 5.33. The molecule has 1 fully saturated rings. The Labute approximate surface area is 164 Å². The Kier molecular flexibility index (Phi) is 5.43. The predicted molar refractivity (Wildman–Crippen MR) is 106 cm³/mol. The first-order chi connectivity index (χ1) is 13.7. The Bertz CT molecular complexity index is 894. The average molecular weight is 376 g/mol. The molecule has 0 saturated carbocycles. The minimum absolute atomic E-state index is 0.0508. The van der Waals surface area contributed by atoms with Gasteiger partial charge in [0.25, 0.3) is 5.91 Å². The van der Waals surface area contributed by atoms with Crippen LogP contribution in [0.15, 0.2) is 60.9 Å². The molecule has 0 N–H and O–H groups in total. The van der Waals surface area contributed by atoms with E-state index >= 15 is 0 Å². The molecule has 1 aliphatic heterocycles. The maximum Gasteiger partial charge on any atom is 0.253 e. The second-order valence-corrected chi connectivity index (χ2v) is 7.23. The maximum absolute atomic E-state index is 13.0. The molecular formula is C21H24N6O. The summed E-state index contributed by atoms with van der Waals surface area (Å²) in [5, 5.41) is 11.1. The highest BCUT2D eigenvalue weighted by Gasteiger charge is 2.26. The van der Waals surface area contributed by atoms with Crippen LogP contribution in [0, 0.1) is 0 Å². The maximum atomic E-state index is 13.0. The molecule has 0 aliphatic carbocycles. The van der Waals surface area contributed by atoms with Crippen LogP contribution in [-0.2, 0) is 6.54 Å². The van der Waals surface area contributed by atoms with Gasteiger partial charge in [-0.15, -0.1) is 5.10 Å². The van der Waals surface area contributed by atoms with Gasteiger partial charge in [-0.25, -0.2) is 4.68 Å². The van der Waals surface area contributed by atoms with E-state index in [1.807, 2.05) is 42.3 Å². The van der Waals surface area contributed by atoms with Gasteiger partial charge in [-0.2, -0.15) is 0 Å². The molecular weight excluding hydrogens is 352 g/mol. The molecule has 1 aromatic heterocycles. The summed E-state index contributed by atoms with van der Waals surface area (Å²) in [7, 11) is 1.91. The Morgan fingerprint density at radius 3 is 2.64 bits per heavy atom. The van der Waals surface area contributed by atoms with Crippen molar-refractivity contribution in [2.45, 2.75) is 25.4 Å². The number of carbonyl (C=O) groups excluding carboxylic acids is 1. The van der Waals surface area contributed by atoms with E-state index in [-0.39, 0.29) is 11.9 Å². The van der Waals surface area contributed by atoms with Gasteiger partial charge in [0.05, 0.1) is 5.69 Å². The van der Waals surface area contributed by atoms with Crippen molar-refractivity contribution in [1.29, 1.82) is 0 Å². The quantitative estimate of drug-likeness (QED) is 0.684. The van der Waals surface area contributed by atoms with Gasteiger partial charge in [-0.3, -0.25) is 9.69 Å². The molecule has 4 rings (SSSR count). The number of nitrogens with zero attached hydrogens (tertiary/aromatic N) is 6. The third kappa shape index (κ3) is 4.09. The highest BCUT2D eigenvalue weighted by atomic mass is 16.2. The normalized spacial score (nSPS) is 17.4. The average Bonchev–Trinajstić information content (AvgIpc) is 3.29. The number of hydrogen-bond donors (Lipinski definition) is 0. The van der Waals surface area contributed by atoms with Gasteiger partial charge in [-0.1, -0.05) is 30.3 Å². The number of benzene rings is 2. The molecule has 144 valence electrons. The fourth-order valence-corrected chi connectivity index (χ4v) is 3.74. The molecule has 0 spiro atoms. The van der Waals surface area contributed by atoms with Crippen molar-refractivity contribution in [2.24, 2.45) is 0 Å². The van der Waals surface area contributed by atoms with Gasteiger partial charge in [-0.05, 0) is 59.6 Å². The second-order valence-electron chi connectivity index (χ2n) is 7.23. The molecule has 1 saturated heterocycles. The van der Waals surface area contributed by atoms with Crippen molar-refractivity contribution < 1.29 is 4.79 Å². The van der Waals surface area contributed by atoms with E-state index in [0.29, 0.717) is 5.56 Å². The zero-order chi connectivity index (χ0) is 19.3. The molecule has 28 heavy (non-hydrogen) atoms. The number of tetrazole rings is 1. The highest BCUT2D eigenvalue weighted by Crippen LogP contribution is 2.19. The topological polar surface area (TPSA) is 67.2 Å². The lowest BCUT2D eigenvalue weighted by molar-refractivity contribution is 0.0609. The summed E-state index contributed by atoms with van der Waals surface area (Å²) in [5.41, 5.74) is 2.82. The fraction of sp³-hybridized carbons (Fsp3) is 0.333. The van der Waals surface area contributed by atoms with E-state index in [1.54, 1.807) is 4.68 Å². The van der Waals surface area contributed by atoms with E-state index in [2.05, 4.69) is 44.7 Å². The number of likely N-dealkylation sites (N-methyl/N-ethyl adjacent to an activating group) is 1. The molecule has 1 amide bonds. The number of hydrogen-bond acceptors (Lipinski definition) is 5. The zero-order valence-corrected chi connectivity index (χ0v) is 16.0. The van der Waals surface area contributed by atoms with E-state index < -0.39 is 0 Å². The first-order valence-corrected chi connectivity index (χ1v) is 9.57. The van der Waals surface area contributed by atoms with Crippen LogP contribution in [-0.4, -0.2) is 62.1 Å². The monoisotopic (exact) mass is 376 g/mol. The summed E-state index contributed by atoms with van der Waals surface area (Å²) in [6.07, 6.45) is 3.68. The van der Waals surface area contributed by atoms with Crippen molar-refractivity contribution in [1.82, 2.24) is 30.0 Å². The molecule has 7 heteroatoms. The van der Waals surface area contributed by atoms with Crippen LogP contribution in [0.1, 0.15) is 28.8 Å². The Hall–Kier alpha value is -3.06. The van der Waals surface area contributed by atoms with Crippen LogP contribution < -0.4 is 0 Å². The summed E-state index contributed by atoms with van der Waals surface area (Å²) in [4.78, 5) is 17.3. The predicted octanol–water partition coefficient (Wildman–Crippen LogP) is 2.40. The summed E-state index contributed by atoms with van der Waals surface area (Å²) < 4.78 is 1.57. The minimum Gasteiger partial charge on any atom is -0.337 e. The molecule has 2 heterocycles. The number of piperidine rings is 1. The SMILES string of the molecule is CN(C(=O)c1ccc(-n2cnnn2)cc1)C1CCCN(Cc2ccccc2)C1. The van der Waals surface area contributed by atoms with Crippen LogP contribution in [0.2, 0.25) is 0 Å². The molecule has 1 atom stereocenters. The largest absolute Gasteiger partial charge is 0.337 e. The van der Waals surface area contributed by atoms with Gasteiger partial charge in [0.15, 0.2) is 0 Å². The summed E-state index contributed by atoms with van der Waals surface area (Å²) in [6, 6.07) is 18.1. The van der Waals surface area contributed by atoms with Crippen molar-refractivity contribution >= 4 is 5.91 Å². The second kappa shape index (κ2) is 8.31. The number of amides is 1. The summed E-state index contributed by atoms with van der Waals surface area (Å²) >= 11 is 0. The fourth-order valence-electron chi connectivity index (χ4n) is 3.74. The van der Waals surface area contributed by atoms with Gasteiger partial charge in [0.2, 0.25) is 0 Å². The van der Waals surface area contributed by atoms with Gasteiger partial charge in [0.1, 0.15) is 6.33 Å². The van der Waals surface area contributed by atoms with Gasteiger partial charge < -0.3 is 4.90 Å². The molecule has 0 bridgehead atoms. The first kappa shape index (κ1) is 18.3. The van der Waals surface area contributed by atoms with Crippen LogP contribution in [0.5, 0.6) is 0 Å². The van der Waals surface area contributed by atoms with Crippen LogP contribution >= 0.6 is 0 Å². The van der Waals surface area contributed by atoms with Crippen LogP contribution in [0.25, 0.3) is 5.69 Å². The van der Waals surface area contributed by atoms with E-state index in [1.165, 1.54) is 11.9 Å². The Morgan fingerprint density at radius 2 is 1.93 bits per heavy atom. The molecule has 1 unspecified atom stereocenters. The highest BCUT2D eigenvalue weighted by molar-refractivity contribution is 5.94. The zero-order valence-electron chi connectivity index (χ0n) is 16.0. The molecule has 7 nitrogen and oxygen atoms in total. The first-order valence-electron chi connectivity index (χ1n) is 9.57. The van der Waals surface area contributed by atoms with E-state index in [9.17, 15) is 4.79 Å². The van der Waals surface area contributed by atoms with Crippen molar-refractivity contribution in [3.63, 3.8) is 0 Å². The number of carbonyl (C=O) groups is 1. The summed E-state index contributed by atoms with van der Waals surface area (Å²) in [6.45, 7) is 2.91. The van der Waals surface area contributed by atoms with Crippen LogP contribution in [0.4, 0.5) is 0 Å². The van der Waals surface area contributed by atoms with E-state index in [4.69, 9.17) is 0 Å². The van der Waals surface area contributed by atoms with E-state index in [0.717, 1.165) is 38.2 Å². The number of likely N-dealkylation sites (tertiary alicyclic amines) is 1. The molecule has 0 radical (unpaired) electrons. The standard InChI is InChI=1S/C21H24N6O/c1-25(20-8-5-13-26(15-20)14-17-6-3-2-4-7-17)21(28)18-9-11-19(12-10-18)27-16-22-23-24-27/h2-4,6-7,9-12,16,20H,5,8,13-15H2,1H3. The minimum atomic E-state index is 0.0508. The molecule has 1 aliphatic rings. The number of rotatable bonds is 5. The Morgan fingerprint density at radius 1 is 1.14 bits per heavy atom. The van der Waals surface area contributed by atoms with Crippen molar-refractivity contribution in [3.8, 4) is 5.69 Å². The Balaban J connectivity index is 1.40. The van der Waals surface area contributed by atoms with Gasteiger partial charge in [0, 0.05) is 31.7 Å². The van der Waals surface area contributed by atoms with Crippen LogP contribution in [0.3, 0.4) is 0 Å². The van der Waals surface area contributed by atoms with Crippen molar-refractivity contribution in [3.05, 3.63) is 72.1 Å². The van der Waals surface area contributed by atoms with Gasteiger partial charge >= 0.3 is 0 Å². The summed E-state index contributed by atoms with van der Waals surface area (Å²) in [5.74, 6) is 0.0508. The smallest absolute Gasteiger partial charge is 0.253 e. The lowest BCUT2D eigenvalue weighted by Crippen LogP contribution is -2.48. The van der Waals surface area contributed by atoms with Crippen molar-refractivity contribution in [2.75, 3.05) is 20.1 Å². The lowest BCUT2D eigenvalue weighted by Gasteiger charge is -2.37. The molecule has 2 aromatic carbocycles.